The number of fused-ring (bicyclic) bond motifs is 2. The zero-order chi connectivity index (χ0) is 20.2. The lowest BCUT2D eigenvalue weighted by molar-refractivity contribution is -0.146. The van der Waals surface area contributed by atoms with Gasteiger partial charge < -0.3 is 4.74 Å². The first-order valence-electron chi connectivity index (χ1n) is 10.3. The van der Waals surface area contributed by atoms with Gasteiger partial charge in [-0.25, -0.2) is 0 Å². The molecule has 2 heteroatoms. The van der Waals surface area contributed by atoms with Crippen LogP contribution in [0.3, 0.4) is 0 Å². The molecular weight excluding hydrogens is 356 g/mol. The molecule has 0 fully saturated rings. The summed E-state index contributed by atoms with van der Waals surface area (Å²) in [5.41, 5.74) is 4.61. The van der Waals surface area contributed by atoms with E-state index in [0.29, 0.717) is 18.8 Å². The molecule has 4 rings (SSSR count). The van der Waals surface area contributed by atoms with Crippen LogP contribution >= 0.6 is 0 Å². The van der Waals surface area contributed by atoms with Gasteiger partial charge in [-0.05, 0) is 40.7 Å². The molecular formula is C27H26O2. The first kappa shape index (κ1) is 19.2. The van der Waals surface area contributed by atoms with Gasteiger partial charge in [-0.15, -0.1) is 6.58 Å². The Morgan fingerprint density at radius 3 is 2.72 bits per heavy atom. The van der Waals surface area contributed by atoms with E-state index in [2.05, 4.69) is 68.1 Å². The van der Waals surface area contributed by atoms with Crippen molar-refractivity contribution in [2.24, 2.45) is 5.92 Å². The second-order valence-corrected chi connectivity index (χ2v) is 7.73. The fourth-order valence-electron chi connectivity index (χ4n) is 4.19. The van der Waals surface area contributed by atoms with Crippen LogP contribution in [0, 0.1) is 5.92 Å². The maximum absolute atomic E-state index is 12.7. The highest BCUT2D eigenvalue weighted by Gasteiger charge is 2.28. The Bertz CT molecular complexity index is 1070. The summed E-state index contributed by atoms with van der Waals surface area (Å²) in [7, 11) is 0. The Hall–Kier alpha value is -3.13. The van der Waals surface area contributed by atoms with Gasteiger partial charge in [-0.3, -0.25) is 4.79 Å². The smallest absolute Gasteiger partial charge is 0.307 e. The van der Waals surface area contributed by atoms with E-state index in [1.165, 1.54) is 11.1 Å². The fourth-order valence-corrected chi connectivity index (χ4v) is 4.19. The standard InChI is InChI=1S/C27H26O2/c1-3-4-16-26(28)29-27(24-15-9-12-20-10-5-7-13-22(20)24)25-18-19(2)17-21-11-6-8-14-23(21)25/h3,5-15,18-19,27H,1,4,16-17H2,2H3. The minimum Gasteiger partial charge on any atom is -0.452 e. The molecule has 0 N–H and O–H groups in total. The molecule has 2 atom stereocenters. The van der Waals surface area contributed by atoms with Crippen molar-refractivity contribution < 1.29 is 9.53 Å². The van der Waals surface area contributed by atoms with Crippen LogP contribution in [-0.2, 0) is 16.0 Å². The van der Waals surface area contributed by atoms with Crippen molar-refractivity contribution in [3.05, 3.63) is 102 Å². The highest BCUT2D eigenvalue weighted by atomic mass is 16.5. The van der Waals surface area contributed by atoms with Crippen molar-refractivity contribution in [1.29, 1.82) is 0 Å². The van der Waals surface area contributed by atoms with Gasteiger partial charge in [0.15, 0.2) is 6.10 Å². The Balaban J connectivity index is 1.85. The third kappa shape index (κ3) is 4.02. The quantitative estimate of drug-likeness (QED) is 0.352. The molecule has 0 heterocycles. The lowest BCUT2D eigenvalue weighted by Crippen LogP contribution is -2.17. The molecule has 0 amide bonds. The second kappa shape index (κ2) is 8.48. The van der Waals surface area contributed by atoms with E-state index in [1.54, 1.807) is 6.08 Å². The summed E-state index contributed by atoms with van der Waals surface area (Å²) in [4.78, 5) is 12.7. The highest BCUT2D eigenvalue weighted by Crippen LogP contribution is 2.41. The van der Waals surface area contributed by atoms with E-state index in [1.807, 2.05) is 18.2 Å². The maximum Gasteiger partial charge on any atom is 0.307 e. The largest absolute Gasteiger partial charge is 0.452 e. The van der Waals surface area contributed by atoms with Crippen LogP contribution in [0.15, 0.2) is 85.5 Å². The Morgan fingerprint density at radius 2 is 1.86 bits per heavy atom. The minimum atomic E-state index is -0.428. The first-order valence-corrected chi connectivity index (χ1v) is 10.3. The zero-order valence-electron chi connectivity index (χ0n) is 16.8. The van der Waals surface area contributed by atoms with Crippen molar-refractivity contribution in [3.8, 4) is 0 Å². The van der Waals surface area contributed by atoms with Crippen molar-refractivity contribution in [3.63, 3.8) is 0 Å². The van der Waals surface area contributed by atoms with Gasteiger partial charge in [-0.2, -0.15) is 0 Å². The summed E-state index contributed by atoms with van der Waals surface area (Å²) >= 11 is 0. The van der Waals surface area contributed by atoms with Gasteiger partial charge in [0.05, 0.1) is 0 Å². The van der Waals surface area contributed by atoms with Gasteiger partial charge >= 0.3 is 5.97 Å². The van der Waals surface area contributed by atoms with Crippen molar-refractivity contribution in [2.45, 2.75) is 32.3 Å². The summed E-state index contributed by atoms with van der Waals surface area (Å²) in [6.45, 7) is 5.94. The number of benzene rings is 3. The van der Waals surface area contributed by atoms with E-state index < -0.39 is 6.10 Å². The molecule has 0 saturated carbocycles. The number of hydrogen-bond acceptors (Lipinski definition) is 2. The van der Waals surface area contributed by atoms with Crippen LogP contribution in [0.4, 0.5) is 0 Å². The summed E-state index contributed by atoms with van der Waals surface area (Å²) < 4.78 is 6.14. The SMILES string of the molecule is C=CCCC(=O)OC(C1=CC(C)Cc2ccccc21)c1cccc2ccccc12. The molecule has 0 spiro atoms. The molecule has 0 aromatic heterocycles. The van der Waals surface area contributed by atoms with Crippen LogP contribution in [-0.4, -0.2) is 5.97 Å². The van der Waals surface area contributed by atoms with Crippen molar-refractivity contribution >= 4 is 22.3 Å². The zero-order valence-corrected chi connectivity index (χ0v) is 16.8. The number of rotatable bonds is 6. The Morgan fingerprint density at radius 1 is 1.10 bits per heavy atom. The molecule has 3 aromatic rings. The molecule has 0 bridgehead atoms. The lowest BCUT2D eigenvalue weighted by atomic mass is 9.81. The monoisotopic (exact) mass is 382 g/mol. The predicted octanol–water partition coefficient (Wildman–Crippen LogP) is 6.67. The van der Waals surface area contributed by atoms with Gasteiger partial charge in [-0.1, -0.05) is 85.8 Å². The second-order valence-electron chi connectivity index (χ2n) is 7.73. The average molecular weight is 383 g/mol. The maximum atomic E-state index is 12.7. The lowest BCUT2D eigenvalue weighted by Gasteiger charge is -2.29. The van der Waals surface area contributed by atoms with Gasteiger partial charge in [0, 0.05) is 17.6 Å². The van der Waals surface area contributed by atoms with Gasteiger partial charge in [0.2, 0.25) is 0 Å². The van der Waals surface area contributed by atoms with Crippen LogP contribution < -0.4 is 0 Å². The molecule has 3 aromatic carbocycles. The normalized spacial score (nSPS) is 16.6. The van der Waals surface area contributed by atoms with E-state index in [9.17, 15) is 4.79 Å². The number of allylic oxidation sites excluding steroid dienone is 2. The molecule has 0 radical (unpaired) electrons. The number of ether oxygens (including phenoxy) is 1. The summed E-state index contributed by atoms with van der Waals surface area (Å²) in [6, 6.07) is 23.0. The van der Waals surface area contributed by atoms with E-state index >= 15 is 0 Å². The average Bonchev–Trinajstić information content (AvgIpc) is 2.75. The molecule has 1 aliphatic rings. The fraction of sp³-hybridized carbons (Fsp3) is 0.222. The minimum absolute atomic E-state index is 0.195. The van der Waals surface area contributed by atoms with Crippen LogP contribution in [0.2, 0.25) is 0 Å². The number of hydrogen-bond donors (Lipinski definition) is 0. The number of carbonyl (C=O) groups excluding carboxylic acids is 1. The number of carbonyl (C=O) groups is 1. The van der Waals surface area contributed by atoms with Crippen molar-refractivity contribution in [1.82, 2.24) is 0 Å². The highest BCUT2D eigenvalue weighted by molar-refractivity contribution is 5.89. The molecule has 0 saturated heterocycles. The van der Waals surface area contributed by atoms with Gasteiger partial charge in [0.1, 0.15) is 0 Å². The molecule has 0 aliphatic heterocycles. The summed E-state index contributed by atoms with van der Waals surface area (Å²) in [5.74, 6) is 0.198. The van der Waals surface area contributed by atoms with E-state index in [0.717, 1.165) is 28.3 Å². The summed E-state index contributed by atoms with van der Waals surface area (Å²) in [5, 5.41) is 2.27. The van der Waals surface area contributed by atoms with Crippen molar-refractivity contribution in [2.75, 3.05) is 0 Å². The van der Waals surface area contributed by atoms with Crippen LogP contribution in [0.1, 0.15) is 42.6 Å². The molecule has 146 valence electrons. The molecule has 2 nitrogen and oxygen atoms in total. The van der Waals surface area contributed by atoms with Crippen LogP contribution in [0.25, 0.3) is 16.3 Å². The number of esters is 1. The third-order valence-corrected chi connectivity index (χ3v) is 5.52. The summed E-state index contributed by atoms with van der Waals surface area (Å²) in [6.07, 6.45) is 5.57. The molecule has 29 heavy (non-hydrogen) atoms. The predicted molar refractivity (Wildman–Crippen MR) is 119 cm³/mol. The first-order chi connectivity index (χ1) is 14.2. The molecule has 1 aliphatic carbocycles. The molecule has 2 unspecified atom stereocenters. The third-order valence-electron chi connectivity index (χ3n) is 5.52. The Kier molecular flexibility index (Phi) is 5.62. The topological polar surface area (TPSA) is 26.3 Å². The van der Waals surface area contributed by atoms with Crippen LogP contribution in [0.5, 0.6) is 0 Å². The van der Waals surface area contributed by atoms with E-state index in [-0.39, 0.29) is 5.97 Å². The Labute approximate surface area is 172 Å². The van der Waals surface area contributed by atoms with E-state index in [4.69, 9.17) is 4.74 Å². The van der Waals surface area contributed by atoms with Gasteiger partial charge in [0.25, 0.3) is 0 Å².